The SMILES string of the molecule is CCOc1cc(C[NH+]2CCC(C(=O)N3CCC[C@@H](C)C3)CC2)ccc1O. The minimum absolute atomic E-state index is 0.200. The third kappa shape index (κ3) is 4.70. The van der Waals surface area contributed by atoms with Gasteiger partial charge in [0.25, 0.3) is 0 Å². The van der Waals surface area contributed by atoms with Gasteiger partial charge >= 0.3 is 0 Å². The molecule has 3 rings (SSSR count). The molecule has 1 amide bonds. The molecular weight excluding hydrogens is 328 g/mol. The van der Waals surface area contributed by atoms with Crippen molar-refractivity contribution in [2.45, 2.75) is 46.1 Å². The summed E-state index contributed by atoms with van der Waals surface area (Å²) in [5.74, 6) is 2.01. The third-order valence-electron chi connectivity index (χ3n) is 5.79. The molecule has 26 heavy (non-hydrogen) atoms. The molecule has 2 aliphatic heterocycles. The van der Waals surface area contributed by atoms with Gasteiger partial charge in [0.15, 0.2) is 11.5 Å². The largest absolute Gasteiger partial charge is 0.504 e. The Kier molecular flexibility index (Phi) is 6.41. The summed E-state index contributed by atoms with van der Waals surface area (Å²) in [5, 5.41) is 9.84. The standard InChI is InChI=1S/C21H32N2O3/c1-3-26-20-13-17(6-7-19(20)24)15-22-11-8-18(9-12-22)21(25)23-10-4-5-16(2)14-23/h6-7,13,16,18,24H,3-5,8-12,14-15H2,1-2H3/p+1/t16-/m1/s1. The molecular formula is C21H33N2O3+. The molecule has 0 aromatic heterocycles. The molecule has 0 aliphatic carbocycles. The number of aromatic hydroxyl groups is 1. The zero-order chi connectivity index (χ0) is 18.5. The van der Waals surface area contributed by atoms with E-state index in [2.05, 4.69) is 11.8 Å². The van der Waals surface area contributed by atoms with Gasteiger partial charge in [-0.05, 0) is 43.9 Å². The number of quaternary nitrogens is 1. The second kappa shape index (κ2) is 8.76. The number of benzene rings is 1. The number of likely N-dealkylation sites (tertiary alicyclic amines) is 2. The van der Waals surface area contributed by atoms with Crippen molar-refractivity contribution >= 4 is 5.91 Å². The van der Waals surface area contributed by atoms with E-state index in [1.165, 1.54) is 16.9 Å². The number of hydrogen-bond donors (Lipinski definition) is 2. The molecule has 5 nitrogen and oxygen atoms in total. The summed E-state index contributed by atoms with van der Waals surface area (Å²) in [6.45, 7) is 9.59. The van der Waals surface area contributed by atoms with Crippen molar-refractivity contribution < 1.29 is 19.5 Å². The van der Waals surface area contributed by atoms with Gasteiger partial charge in [0.05, 0.1) is 19.7 Å². The van der Waals surface area contributed by atoms with E-state index in [0.29, 0.717) is 24.2 Å². The molecule has 5 heteroatoms. The van der Waals surface area contributed by atoms with Crippen LogP contribution in [0.3, 0.4) is 0 Å². The lowest BCUT2D eigenvalue weighted by molar-refractivity contribution is -0.919. The Labute approximate surface area is 156 Å². The molecule has 0 unspecified atom stereocenters. The smallest absolute Gasteiger partial charge is 0.226 e. The van der Waals surface area contributed by atoms with Gasteiger partial charge < -0.3 is 19.6 Å². The van der Waals surface area contributed by atoms with Gasteiger partial charge in [-0.1, -0.05) is 6.92 Å². The number of piperidine rings is 2. The van der Waals surface area contributed by atoms with Crippen LogP contribution in [0, 0.1) is 11.8 Å². The molecule has 2 aliphatic rings. The highest BCUT2D eigenvalue weighted by molar-refractivity contribution is 5.79. The summed E-state index contributed by atoms with van der Waals surface area (Å²) in [6, 6.07) is 5.63. The van der Waals surface area contributed by atoms with Crippen molar-refractivity contribution in [3.63, 3.8) is 0 Å². The number of amides is 1. The van der Waals surface area contributed by atoms with Gasteiger partial charge in [-0.15, -0.1) is 0 Å². The van der Waals surface area contributed by atoms with E-state index in [1.807, 2.05) is 19.1 Å². The number of carbonyl (C=O) groups is 1. The summed E-state index contributed by atoms with van der Waals surface area (Å²) >= 11 is 0. The molecule has 2 heterocycles. The van der Waals surface area contributed by atoms with Gasteiger partial charge in [0, 0.05) is 37.4 Å². The predicted molar refractivity (Wildman–Crippen MR) is 101 cm³/mol. The molecule has 1 atom stereocenters. The number of phenols is 1. The molecule has 0 bridgehead atoms. The number of rotatable bonds is 5. The summed E-state index contributed by atoms with van der Waals surface area (Å²) < 4.78 is 5.48. The minimum Gasteiger partial charge on any atom is -0.504 e. The Balaban J connectivity index is 1.51. The van der Waals surface area contributed by atoms with Crippen LogP contribution in [0.1, 0.15) is 45.1 Å². The van der Waals surface area contributed by atoms with Gasteiger partial charge in [-0.25, -0.2) is 0 Å². The maximum atomic E-state index is 12.8. The molecule has 1 aromatic rings. The van der Waals surface area contributed by atoms with E-state index in [0.717, 1.165) is 52.0 Å². The molecule has 0 spiro atoms. The highest BCUT2D eigenvalue weighted by Gasteiger charge is 2.32. The molecule has 0 saturated carbocycles. The first kappa shape index (κ1) is 19.0. The topological polar surface area (TPSA) is 54.2 Å². The van der Waals surface area contributed by atoms with Crippen LogP contribution in [0.15, 0.2) is 18.2 Å². The average Bonchev–Trinajstić information content (AvgIpc) is 2.65. The number of phenolic OH excluding ortho intramolecular Hbond substituents is 1. The van der Waals surface area contributed by atoms with Crippen molar-refractivity contribution in [1.29, 1.82) is 0 Å². The van der Waals surface area contributed by atoms with Gasteiger partial charge in [0.1, 0.15) is 6.54 Å². The number of carbonyl (C=O) groups excluding carboxylic acids is 1. The van der Waals surface area contributed by atoms with E-state index < -0.39 is 0 Å². The van der Waals surface area contributed by atoms with E-state index in [-0.39, 0.29) is 11.7 Å². The Bertz CT molecular complexity index is 611. The Morgan fingerprint density at radius 2 is 2.08 bits per heavy atom. The van der Waals surface area contributed by atoms with Crippen molar-refractivity contribution in [2.24, 2.45) is 11.8 Å². The second-order valence-corrected chi connectivity index (χ2v) is 7.97. The maximum Gasteiger partial charge on any atom is 0.226 e. The summed E-state index contributed by atoms with van der Waals surface area (Å²) in [7, 11) is 0. The fourth-order valence-electron chi connectivity index (χ4n) is 4.33. The van der Waals surface area contributed by atoms with Crippen LogP contribution >= 0.6 is 0 Å². The fourth-order valence-corrected chi connectivity index (χ4v) is 4.33. The van der Waals surface area contributed by atoms with Gasteiger partial charge in [-0.2, -0.15) is 0 Å². The summed E-state index contributed by atoms with van der Waals surface area (Å²) in [5.41, 5.74) is 1.18. The van der Waals surface area contributed by atoms with Gasteiger partial charge in [-0.3, -0.25) is 4.79 Å². The van der Waals surface area contributed by atoms with Crippen LogP contribution in [0.4, 0.5) is 0 Å². The normalized spacial score (nSPS) is 26.5. The van der Waals surface area contributed by atoms with E-state index in [1.54, 1.807) is 6.07 Å². The second-order valence-electron chi connectivity index (χ2n) is 7.97. The molecule has 2 N–H and O–H groups in total. The van der Waals surface area contributed by atoms with Crippen LogP contribution < -0.4 is 9.64 Å². The Morgan fingerprint density at radius 3 is 2.77 bits per heavy atom. The van der Waals surface area contributed by atoms with Crippen LogP contribution in [0.5, 0.6) is 11.5 Å². The fraction of sp³-hybridized carbons (Fsp3) is 0.667. The number of nitrogens with zero attached hydrogens (tertiary/aromatic N) is 1. The molecule has 144 valence electrons. The monoisotopic (exact) mass is 361 g/mol. The van der Waals surface area contributed by atoms with E-state index in [9.17, 15) is 9.90 Å². The maximum absolute atomic E-state index is 12.8. The van der Waals surface area contributed by atoms with E-state index in [4.69, 9.17) is 4.74 Å². The summed E-state index contributed by atoms with van der Waals surface area (Å²) in [4.78, 5) is 16.4. The zero-order valence-corrected chi connectivity index (χ0v) is 16.2. The number of ether oxygens (including phenoxy) is 1. The van der Waals surface area contributed by atoms with Crippen molar-refractivity contribution in [3.05, 3.63) is 23.8 Å². The summed E-state index contributed by atoms with van der Waals surface area (Å²) in [6.07, 6.45) is 4.37. The van der Waals surface area contributed by atoms with E-state index >= 15 is 0 Å². The lowest BCUT2D eigenvalue weighted by atomic mass is 9.92. The van der Waals surface area contributed by atoms with Crippen molar-refractivity contribution in [2.75, 3.05) is 32.8 Å². The molecule has 1 aromatic carbocycles. The average molecular weight is 362 g/mol. The first-order valence-corrected chi connectivity index (χ1v) is 10.1. The highest BCUT2D eigenvalue weighted by atomic mass is 16.5. The zero-order valence-electron chi connectivity index (χ0n) is 16.2. The predicted octanol–water partition coefficient (Wildman–Crippen LogP) is 1.84. The Hall–Kier alpha value is -1.75. The lowest BCUT2D eigenvalue weighted by Gasteiger charge is -2.36. The lowest BCUT2D eigenvalue weighted by Crippen LogP contribution is -3.11. The third-order valence-corrected chi connectivity index (χ3v) is 5.79. The molecule has 0 radical (unpaired) electrons. The highest BCUT2D eigenvalue weighted by Crippen LogP contribution is 2.26. The van der Waals surface area contributed by atoms with Crippen LogP contribution in [0.25, 0.3) is 0 Å². The van der Waals surface area contributed by atoms with Crippen LogP contribution in [-0.4, -0.2) is 48.7 Å². The van der Waals surface area contributed by atoms with Crippen molar-refractivity contribution in [1.82, 2.24) is 4.90 Å². The van der Waals surface area contributed by atoms with Crippen molar-refractivity contribution in [3.8, 4) is 11.5 Å². The molecule has 2 fully saturated rings. The number of nitrogens with one attached hydrogen (secondary N) is 1. The van der Waals surface area contributed by atoms with Crippen LogP contribution in [-0.2, 0) is 11.3 Å². The quantitative estimate of drug-likeness (QED) is 0.842. The first-order valence-electron chi connectivity index (χ1n) is 10.1. The minimum atomic E-state index is 0.200. The molecule has 2 saturated heterocycles. The first-order chi connectivity index (χ1) is 12.6. The number of hydrogen-bond acceptors (Lipinski definition) is 3. The van der Waals surface area contributed by atoms with Crippen LogP contribution in [0.2, 0.25) is 0 Å². The Morgan fingerprint density at radius 1 is 1.31 bits per heavy atom. The van der Waals surface area contributed by atoms with Gasteiger partial charge in [0.2, 0.25) is 5.91 Å².